The third-order valence-electron chi connectivity index (χ3n) is 7.86. The van der Waals surface area contributed by atoms with Crippen LogP contribution in [0.4, 0.5) is 0 Å². The lowest BCUT2D eigenvalue weighted by Crippen LogP contribution is -1.97. The first-order valence-corrected chi connectivity index (χ1v) is 15.4. The molecule has 3 aromatic heterocycles. The van der Waals surface area contributed by atoms with E-state index in [0.717, 1.165) is 73.3 Å². The molecule has 2 aliphatic rings. The van der Waals surface area contributed by atoms with Crippen LogP contribution in [0.1, 0.15) is 60.9 Å². The van der Waals surface area contributed by atoms with Crippen molar-refractivity contribution < 1.29 is 14.2 Å². The first-order chi connectivity index (χ1) is 21.0. The minimum absolute atomic E-state index is 0.617. The quantitative estimate of drug-likeness (QED) is 0.154. The molecule has 0 saturated carbocycles. The molecular formula is C35H35BrN4O3. The van der Waals surface area contributed by atoms with Gasteiger partial charge in [0.05, 0.1) is 54.1 Å². The summed E-state index contributed by atoms with van der Waals surface area (Å²) in [7, 11) is 4.92. The summed E-state index contributed by atoms with van der Waals surface area (Å²) in [6.45, 7) is 2.24. The van der Waals surface area contributed by atoms with Crippen LogP contribution in [0.15, 0.2) is 46.9 Å². The number of aryl methyl sites for hydroxylation is 1. The molecule has 7 nitrogen and oxygen atoms in total. The highest BCUT2D eigenvalue weighted by atomic mass is 79.9. The average molecular weight is 640 g/mol. The number of nitrogens with zero attached hydrogens (tertiary/aromatic N) is 2. The summed E-state index contributed by atoms with van der Waals surface area (Å²) >= 11 is 3.83. The van der Waals surface area contributed by atoms with Gasteiger partial charge < -0.3 is 24.2 Å². The topological polar surface area (TPSA) is 85.1 Å². The van der Waals surface area contributed by atoms with E-state index < -0.39 is 0 Å². The molecule has 5 heterocycles. The maximum absolute atomic E-state index is 5.87. The Morgan fingerprint density at radius 3 is 1.91 bits per heavy atom. The minimum Gasteiger partial charge on any atom is -0.496 e. The van der Waals surface area contributed by atoms with Crippen molar-refractivity contribution >= 4 is 62.3 Å². The molecule has 0 aliphatic carbocycles. The van der Waals surface area contributed by atoms with Crippen LogP contribution in [0.2, 0.25) is 0 Å². The van der Waals surface area contributed by atoms with Crippen molar-refractivity contribution in [2.45, 2.75) is 39.0 Å². The molecule has 1 aromatic carbocycles. The first kappa shape index (κ1) is 28.8. The van der Waals surface area contributed by atoms with Gasteiger partial charge in [-0.3, -0.25) is 0 Å². The fourth-order valence-corrected chi connectivity index (χ4v) is 6.11. The lowest BCUT2D eigenvalue weighted by atomic mass is 10.0. The van der Waals surface area contributed by atoms with Gasteiger partial charge in [0, 0.05) is 45.3 Å². The largest absolute Gasteiger partial charge is 0.496 e. The Morgan fingerprint density at radius 1 is 0.651 bits per heavy atom. The number of methoxy groups -OCH3 is 3. The van der Waals surface area contributed by atoms with Crippen LogP contribution >= 0.6 is 15.9 Å². The van der Waals surface area contributed by atoms with Crippen molar-refractivity contribution in [1.29, 1.82) is 0 Å². The van der Waals surface area contributed by atoms with Crippen LogP contribution in [0.3, 0.4) is 0 Å². The molecule has 0 atom stereocenters. The zero-order chi connectivity index (χ0) is 29.9. The maximum atomic E-state index is 5.87. The SMILES string of the molecule is CCCCCCc1c2nc(c(Br)c3nc(c(-c4c(OC)cc(OC)cc4OC)c4ccc(cc5ccc1[nH]5)[nH]4)C=C3)C=C2. The van der Waals surface area contributed by atoms with Gasteiger partial charge in [-0.1, -0.05) is 26.2 Å². The zero-order valence-electron chi connectivity index (χ0n) is 24.9. The normalized spacial score (nSPS) is 12.1. The zero-order valence-corrected chi connectivity index (χ0v) is 26.5. The second-order valence-corrected chi connectivity index (χ2v) is 11.4. The Hall–Kier alpha value is -4.30. The van der Waals surface area contributed by atoms with E-state index in [1.54, 1.807) is 21.3 Å². The van der Waals surface area contributed by atoms with Gasteiger partial charge in [-0.05, 0) is 83.4 Å². The highest BCUT2D eigenvalue weighted by Gasteiger charge is 2.22. The molecule has 8 heteroatoms. The molecular weight excluding hydrogens is 604 g/mol. The van der Waals surface area contributed by atoms with Crippen molar-refractivity contribution in [2.24, 2.45) is 0 Å². The fraction of sp³-hybridized carbons (Fsp3) is 0.257. The Morgan fingerprint density at radius 2 is 1.26 bits per heavy atom. The Kier molecular flexibility index (Phi) is 8.38. The Bertz CT molecular complexity index is 1880. The number of halogens is 1. The highest BCUT2D eigenvalue weighted by molar-refractivity contribution is 9.10. The van der Waals surface area contributed by atoms with Gasteiger partial charge in [-0.2, -0.15) is 0 Å². The van der Waals surface area contributed by atoms with Crippen LogP contribution in [0.5, 0.6) is 17.2 Å². The molecule has 0 radical (unpaired) electrons. The van der Waals surface area contributed by atoms with Crippen molar-refractivity contribution in [3.05, 3.63) is 75.3 Å². The number of ether oxygens (including phenoxy) is 3. The third-order valence-corrected chi connectivity index (χ3v) is 8.68. The van der Waals surface area contributed by atoms with Crippen LogP contribution in [0, 0.1) is 0 Å². The number of hydrogen-bond acceptors (Lipinski definition) is 5. The summed E-state index contributed by atoms with van der Waals surface area (Å²) in [5.74, 6) is 1.87. The number of aromatic nitrogens is 4. The molecule has 0 spiro atoms. The number of aromatic amines is 2. The summed E-state index contributed by atoms with van der Waals surface area (Å²) in [4.78, 5) is 17.4. The van der Waals surface area contributed by atoms with E-state index in [1.165, 1.54) is 24.8 Å². The highest BCUT2D eigenvalue weighted by Crippen LogP contribution is 2.45. The summed E-state index contributed by atoms with van der Waals surface area (Å²) in [6.07, 6.45) is 13.9. The van der Waals surface area contributed by atoms with Gasteiger partial charge in [0.1, 0.15) is 17.2 Å². The van der Waals surface area contributed by atoms with Crippen molar-refractivity contribution in [2.75, 3.05) is 21.3 Å². The van der Waals surface area contributed by atoms with E-state index in [1.807, 2.05) is 24.3 Å². The van der Waals surface area contributed by atoms with Crippen LogP contribution in [0.25, 0.3) is 57.5 Å². The lowest BCUT2D eigenvalue weighted by Gasteiger charge is -2.16. The molecule has 43 heavy (non-hydrogen) atoms. The molecule has 220 valence electrons. The standard InChI is InChI=1S/C35H35BrN4O3/c1-5-6-7-8-9-24-25-12-10-21(37-25)18-22-11-13-27(38-22)33(34-31(42-3)19-23(41-2)20-32(34)43-4)28-15-17-30(40-28)35(36)29-16-14-26(24)39-29/h10-20,37-38H,5-9H2,1-4H3. The molecule has 0 unspecified atom stereocenters. The number of rotatable bonds is 9. The maximum Gasteiger partial charge on any atom is 0.134 e. The monoisotopic (exact) mass is 638 g/mol. The molecule has 4 aromatic rings. The summed E-state index contributed by atoms with van der Waals surface area (Å²) < 4.78 is 18.1. The number of H-pyrrole nitrogens is 2. The van der Waals surface area contributed by atoms with E-state index in [-0.39, 0.29) is 0 Å². The van der Waals surface area contributed by atoms with Gasteiger partial charge in [0.15, 0.2) is 0 Å². The first-order valence-electron chi connectivity index (χ1n) is 14.6. The molecule has 8 bridgehead atoms. The fourth-order valence-electron chi connectivity index (χ4n) is 5.67. The predicted octanol–water partition coefficient (Wildman–Crippen LogP) is 9.23. The number of benzene rings is 1. The number of hydrogen-bond donors (Lipinski definition) is 2. The molecule has 2 N–H and O–H groups in total. The van der Waals surface area contributed by atoms with E-state index in [2.05, 4.69) is 75.3 Å². The summed E-state index contributed by atoms with van der Waals surface area (Å²) in [6, 6.07) is 14.3. The Balaban J connectivity index is 1.67. The van der Waals surface area contributed by atoms with Crippen molar-refractivity contribution in [1.82, 2.24) is 19.9 Å². The van der Waals surface area contributed by atoms with Crippen LogP contribution in [-0.2, 0) is 6.42 Å². The molecule has 6 rings (SSSR count). The predicted molar refractivity (Wildman–Crippen MR) is 179 cm³/mol. The van der Waals surface area contributed by atoms with Crippen LogP contribution < -0.4 is 14.2 Å². The van der Waals surface area contributed by atoms with Crippen molar-refractivity contribution in [3.8, 4) is 28.4 Å². The lowest BCUT2D eigenvalue weighted by molar-refractivity contribution is 0.377. The minimum atomic E-state index is 0.617. The van der Waals surface area contributed by atoms with Crippen molar-refractivity contribution in [3.63, 3.8) is 0 Å². The van der Waals surface area contributed by atoms with E-state index in [0.29, 0.717) is 17.2 Å². The van der Waals surface area contributed by atoms with Gasteiger partial charge in [0.25, 0.3) is 0 Å². The summed E-state index contributed by atoms with van der Waals surface area (Å²) in [5.41, 5.74) is 10.2. The number of fused-ring (bicyclic) bond motifs is 8. The average Bonchev–Trinajstić information content (AvgIpc) is 3.85. The second-order valence-electron chi connectivity index (χ2n) is 10.6. The van der Waals surface area contributed by atoms with Gasteiger partial charge in [0.2, 0.25) is 0 Å². The smallest absolute Gasteiger partial charge is 0.134 e. The third kappa shape index (κ3) is 5.71. The van der Waals surface area contributed by atoms with Gasteiger partial charge in [-0.15, -0.1) is 0 Å². The Labute approximate surface area is 259 Å². The van der Waals surface area contributed by atoms with Gasteiger partial charge >= 0.3 is 0 Å². The number of unbranched alkanes of at least 4 members (excludes halogenated alkanes) is 3. The van der Waals surface area contributed by atoms with E-state index in [9.17, 15) is 0 Å². The van der Waals surface area contributed by atoms with Crippen LogP contribution in [-0.4, -0.2) is 41.3 Å². The molecule has 0 saturated heterocycles. The van der Waals surface area contributed by atoms with E-state index in [4.69, 9.17) is 24.2 Å². The molecule has 0 amide bonds. The van der Waals surface area contributed by atoms with Gasteiger partial charge in [-0.25, -0.2) is 9.97 Å². The molecule has 0 fully saturated rings. The second kappa shape index (κ2) is 12.5. The van der Waals surface area contributed by atoms with E-state index >= 15 is 0 Å². The molecule has 2 aliphatic heterocycles. The number of nitrogens with one attached hydrogen (secondary N) is 2. The summed E-state index contributed by atoms with van der Waals surface area (Å²) in [5, 5.41) is 0.